The fraction of sp³-hybridized carbons (Fsp3) is 0.400. The lowest BCUT2D eigenvalue weighted by molar-refractivity contribution is 0.0855. The van der Waals surface area contributed by atoms with Crippen LogP contribution in [0.5, 0.6) is 11.6 Å². The number of carbonyl (C=O) groups excluding carboxylic acids is 1. The largest absolute Gasteiger partial charge is 0.439 e. The van der Waals surface area contributed by atoms with Crippen molar-refractivity contribution in [3.05, 3.63) is 53.2 Å². The number of benzene rings is 1. The third-order valence-electron chi connectivity index (χ3n) is 5.46. The van der Waals surface area contributed by atoms with Gasteiger partial charge in [0.05, 0.1) is 0 Å². The number of primary amides is 1. The third kappa shape index (κ3) is 3.24. The summed E-state index contributed by atoms with van der Waals surface area (Å²) in [5.74, 6) is 1.86. The van der Waals surface area contributed by atoms with Crippen molar-refractivity contribution in [3.63, 3.8) is 0 Å². The topological polar surface area (TPSA) is 68.5 Å². The quantitative estimate of drug-likeness (QED) is 0.931. The van der Waals surface area contributed by atoms with E-state index in [1.807, 2.05) is 25.1 Å². The van der Waals surface area contributed by atoms with E-state index >= 15 is 0 Å². The first-order valence-corrected chi connectivity index (χ1v) is 8.87. The summed E-state index contributed by atoms with van der Waals surface area (Å²) < 4.78 is 5.93. The Morgan fingerprint density at radius 2 is 2.04 bits per heavy atom. The summed E-state index contributed by atoms with van der Waals surface area (Å²) in [6, 6.07) is 9.41. The molecule has 5 heteroatoms. The summed E-state index contributed by atoms with van der Waals surface area (Å²) in [5, 5.41) is 0. The van der Waals surface area contributed by atoms with Gasteiger partial charge in [0, 0.05) is 30.3 Å². The summed E-state index contributed by atoms with van der Waals surface area (Å²) in [6.45, 7) is 5.33. The van der Waals surface area contributed by atoms with Crippen molar-refractivity contribution in [2.45, 2.75) is 25.7 Å². The Balaban J connectivity index is 1.67. The van der Waals surface area contributed by atoms with E-state index in [-0.39, 0.29) is 5.91 Å². The summed E-state index contributed by atoms with van der Waals surface area (Å²) in [6.07, 6.45) is 4.11. The minimum Gasteiger partial charge on any atom is -0.439 e. The van der Waals surface area contributed by atoms with Gasteiger partial charge < -0.3 is 15.4 Å². The second-order valence-corrected chi connectivity index (χ2v) is 7.13. The molecule has 0 spiro atoms. The first-order valence-electron chi connectivity index (χ1n) is 8.87. The maximum Gasteiger partial charge on any atom is 0.248 e. The summed E-state index contributed by atoms with van der Waals surface area (Å²) >= 11 is 0. The number of fused-ring (bicyclic) bond motifs is 3. The van der Waals surface area contributed by atoms with Gasteiger partial charge in [-0.1, -0.05) is 0 Å². The number of rotatable bonds is 4. The molecule has 0 radical (unpaired) electrons. The van der Waals surface area contributed by atoms with Crippen molar-refractivity contribution in [3.8, 4) is 11.6 Å². The lowest BCUT2D eigenvalue weighted by Gasteiger charge is -2.45. The number of amides is 1. The number of hydrogen-bond acceptors (Lipinski definition) is 4. The zero-order chi connectivity index (χ0) is 17.4. The van der Waals surface area contributed by atoms with E-state index < -0.39 is 0 Å². The van der Waals surface area contributed by atoms with Gasteiger partial charge >= 0.3 is 0 Å². The highest BCUT2D eigenvalue weighted by Gasteiger charge is 2.36. The van der Waals surface area contributed by atoms with Crippen LogP contribution in [0, 0.1) is 12.8 Å². The van der Waals surface area contributed by atoms with Crippen LogP contribution >= 0.6 is 0 Å². The van der Waals surface area contributed by atoms with Crippen LogP contribution in [0.2, 0.25) is 0 Å². The molecule has 3 saturated heterocycles. The smallest absolute Gasteiger partial charge is 0.248 e. The van der Waals surface area contributed by atoms with Crippen LogP contribution in [0.3, 0.4) is 0 Å². The van der Waals surface area contributed by atoms with Gasteiger partial charge in [0.25, 0.3) is 0 Å². The fourth-order valence-electron chi connectivity index (χ4n) is 4.14. The van der Waals surface area contributed by atoms with Gasteiger partial charge in [-0.15, -0.1) is 0 Å². The molecule has 1 aromatic heterocycles. The predicted molar refractivity (Wildman–Crippen MR) is 95.9 cm³/mol. The molecular weight excluding hydrogens is 314 g/mol. The lowest BCUT2D eigenvalue weighted by Crippen LogP contribution is -2.46. The molecule has 1 aromatic carbocycles. The molecule has 0 saturated carbocycles. The normalized spacial score (nSPS) is 24.9. The van der Waals surface area contributed by atoms with Crippen LogP contribution in [0.15, 0.2) is 36.5 Å². The SMILES string of the molecule is Cc1ccnc(Oc2ccc(C(N)=O)c([C@@H]3CN4CCC3CC4)c2)c1. The molecule has 0 unspecified atom stereocenters. The molecule has 3 aliphatic heterocycles. The average molecular weight is 337 g/mol. The van der Waals surface area contributed by atoms with Gasteiger partial charge in [-0.05, 0) is 74.2 Å². The number of nitrogens with zero attached hydrogens (tertiary/aromatic N) is 2. The van der Waals surface area contributed by atoms with Crippen molar-refractivity contribution < 1.29 is 9.53 Å². The number of aromatic nitrogens is 1. The highest BCUT2D eigenvalue weighted by Crippen LogP contribution is 2.41. The molecular formula is C20H23N3O2. The highest BCUT2D eigenvalue weighted by molar-refractivity contribution is 5.94. The van der Waals surface area contributed by atoms with Gasteiger partial charge in [-0.2, -0.15) is 0 Å². The van der Waals surface area contributed by atoms with Crippen molar-refractivity contribution >= 4 is 5.91 Å². The number of ether oxygens (including phenoxy) is 1. The molecule has 25 heavy (non-hydrogen) atoms. The Labute approximate surface area is 147 Å². The van der Waals surface area contributed by atoms with Crippen molar-refractivity contribution in [1.82, 2.24) is 9.88 Å². The van der Waals surface area contributed by atoms with Crippen molar-refractivity contribution in [2.24, 2.45) is 11.7 Å². The molecule has 2 N–H and O–H groups in total. The first kappa shape index (κ1) is 16.1. The van der Waals surface area contributed by atoms with Crippen molar-refractivity contribution in [1.29, 1.82) is 0 Å². The number of carbonyl (C=O) groups is 1. The predicted octanol–water partition coefficient (Wildman–Crippen LogP) is 3.09. The maximum absolute atomic E-state index is 11.9. The molecule has 130 valence electrons. The molecule has 2 bridgehead atoms. The van der Waals surface area contributed by atoms with Crippen LogP contribution in [0.1, 0.15) is 40.2 Å². The van der Waals surface area contributed by atoms with E-state index in [0.29, 0.717) is 29.0 Å². The zero-order valence-corrected chi connectivity index (χ0v) is 14.4. The summed E-state index contributed by atoms with van der Waals surface area (Å²) in [7, 11) is 0. The third-order valence-corrected chi connectivity index (χ3v) is 5.46. The van der Waals surface area contributed by atoms with E-state index in [9.17, 15) is 4.79 Å². The number of piperidine rings is 3. The summed E-state index contributed by atoms with van der Waals surface area (Å²) in [4.78, 5) is 18.7. The van der Waals surface area contributed by atoms with E-state index in [1.54, 1.807) is 18.3 Å². The monoisotopic (exact) mass is 337 g/mol. The highest BCUT2D eigenvalue weighted by atomic mass is 16.5. The minimum absolute atomic E-state index is 0.346. The van der Waals surface area contributed by atoms with E-state index in [2.05, 4.69) is 9.88 Å². The minimum atomic E-state index is -0.369. The molecule has 1 amide bonds. The molecule has 2 aromatic rings. The Morgan fingerprint density at radius 1 is 1.24 bits per heavy atom. The Morgan fingerprint density at radius 3 is 2.68 bits per heavy atom. The van der Waals surface area contributed by atoms with Gasteiger partial charge in [-0.25, -0.2) is 4.98 Å². The number of nitrogens with two attached hydrogens (primary N) is 1. The lowest BCUT2D eigenvalue weighted by atomic mass is 9.74. The van der Waals surface area contributed by atoms with Crippen LogP contribution in [-0.4, -0.2) is 35.4 Å². The van der Waals surface area contributed by atoms with E-state index in [4.69, 9.17) is 10.5 Å². The Hall–Kier alpha value is -2.40. The second-order valence-electron chi connectivity index (χ2n) is 7.13. The van der Waals surface area contributed by atoms with Crippen LogP contribution in [0.4, 0.5) is 0 Å². The Bertz CT molecular complexity index is 797. The average Bonchev–Trinajstić information content (AvgIpc) is 2.62. The molecule has 0 aliphatic carbocycles. The fourth-order valence-corrected chi connectivity index (χ4v) is 4.14. The molecule has 1 atom stereocenters. The summed E-state index contributed by atoms with van der Waals surface area (Å²) in [5.41, 5.74) is 8.36. The van der Waals surface area contributed by atoms with E-state index in [0.717, 1.165) is 30.8 Å². The van der Waals surface area contributed by atoms with Gasteiger partial charge in [0.2, 0.25) is 11.8 Å². The maximum atomic E-state index is 11.9. The van der Waals surface area contributed by atoms with Gasteiger partial charge in [-0.3, -0.25) is 4.79 Å². The number of aryl methyl sites for hydroxylation is 1. The molecule has 3 fully saturated rings. The van der Waals surface area contributed by atoms with E-state index in [1.165, 1.54) is 12.8 Å². The zero-order valence-electron chi connectivity index (χ0n) is 14.4. The van der Waals surface area contributed by atoms with Gasteiger partial charge in [0.1, 0.15) is 5.75 Å². The van der Waals surface area contributed by atoms with Crippen LogP contribution in [0.25, 0.3) is 0 Å². The molecule has 3 aliphatic rings. The Kier molecular flexibility index (Phi) is 4.17. The van der Waals surface area contributed by atoms with Crippen LogP contribution in [-0.2, 0) is 0 Å². The van der Waals surface area contributed by atoms with Gasteiger partial charge in [0.15, 0.2) is 0 Å². The number of pyridine rings is 1. The first-order chi connectivity index (χ1) is 12.1. The standard InChI is InChI=1S/C20H23N3O2/c1-13-4-7-22-19(10-13)25-15-2-3-16(20(21)24)17(11-15)18-12-23-8-5-14(18)6-9-23/h2-4,7,10-11,14,18H,5-6,8-9,12H2,1H3,(H2,21,24)/t18-/m1/s1. The molecule has 5 rings (SSSR count). The second kappa shape index (κ2) is 6.48. The molecule has 5 nitrogen and oxygen atoms in total. The number of hydrogen-bond donors (Lipinski definition) is 1. The van der Waals surface area contributed by atoms with Crippen molar-refractivity contribution in [2.75, 3.05) is 19.6 Å². The van der Waals surface area contributed by atoms with Crippen LogP contribution < -0.4 is 10.5 Å². The molecule has 4 heterocycles.